The lowest BCUT2D eigenvalue weighted by molar-refractivity contribution is 0.350. The second kappa shape index (κ2) is 2.78. The summed E-state index contributed by atoms with van der Waals surface area (Å²) in [5.74, 6) is 0. The molecule has 1 aliphatic carbocycles. The average Bonchev–Trinajstić information content (AvgIpc) is 2.44. The van der Waals surface area contributed by atoms with Gasteiger partial charge in [-0.2, -0.15) is 0 Å². The molecular formula is C10H21N. The quantitative estimate of drug-likeness (QED) is 0.666. The van der Waals surface area contributed by atoms with E-state index in [2.05, 4.69) is 20.8 Å². The molecule has 66 valence electrons. The summed E-state index contributed by atoms with van der Waals surface area (Å²) < 4.78 is 0. The first kappa shape index (κ1) is 9.05. The van der Waals surface area contributed by atoms with Gasteiger partial charge in [-0.15, -0.1) is 0 Å². The molecule has 0 aromatic carbocycles. The number of hydrogen-bond donors (Lipinski definition) is 1. The molecule has 0 aromatic rings. The molecule has 0 unspecified atom stereocenters. The van der Waals surface area contributed by atoms with Crippen LogP contribution in [0.4, 0.5) is 0 Å². The van der Waals surface area contributed by atoms with Crippen LogP contribution in [0.15, 0.2) is 0 Å². The summed E-state index contributed by atoms with van der Waals surface area (Å²) in [5.41, 5.74) is 6.74. The number of hydrogen-bond acceptors (Lipinski definition) is 1. The Bertz CT molecular complexity index is 123. The lowest BCUT2D eigenvalue weighted by Crippen LogP contribution is -2.21. The van der Waals surface area contributed by atoms with Gasteiger partial charge in [-0.05, 0) is 31.1 Å². The molecule has 0 bridgehead atoms. The smallest absolute Gasteiger partial charge is 0.0155 e. The summed E-state index contributed by atoms with van der Waals surface area (Å²) in [6, 6.07) is 0. The molecule has 1 heteroatoms. The van der Waals surface area contributed by atoms with Gasteiger partial charge in [0.1, 0.15) is 0 Å². The van der Waals surface area contributed by atoms with Crippen LogP contribution in [0.25, 0.3) is 0 Å². The van der Waals surface area contributed by atoms with E-state index >= 15 is 0 Å². The van der Waals surface area contributed by atoms with Crippen molar-refractivity contribution in [2.45, 2.75) is 58.4 Å². The summed E-state index contributed by atoms with van der Waals surface area (Å²) in [5, 5.41) is 0. The summed E-state index contributed by atoms with van der Waals surface area (Å²) >= 11 is 0. The minimum atomic E-state index is 0.269. The number of nitrogens with two attached hydrogens (primary N) is 1. The Balaban J connectivity index is 2.05. The molecule has 0 spiro atoms. The van der Waals surface area contributed by atoms with Crippen molar-refractivity contribution < 1.29 is 0 Å². The molecule has 0 aliphatic heterocycles. The third kappa shape index (κ3) is 3.76. The molecule has 11 heavy (non-hydrogen) atoms. The third-order valence-electron chi connectivity index (χ3n) is 2.49. The van der Waals surface area contributed by atoms with Crippen LogP contribution < -0.4 is 5.73 Å². The molecule has 0 amide bonds. The Hall–Kier alpha value is -0.0400. The summed E-state index contributed by atoms with van der Waals surface area (Å²) in [4.78, 5) is 0. The fourth-order valence-electron chi connectivity index (χ4n) is 1.38. The maximum atomic E-state index is 5.98. The summed E-state index contributed by atoms with van der Waals surface area (Å²) in [6.07, 6.45) is 6.38. The number of rotatable bonds is 3. The van der Waals surface area contributed by atoms with Crippen molar-refractivity contribution in [3.8, 4) is 0 Å². The first-order chi connectivity index (χ1) is 4.91. The van der Waals surface area contributed by atoms with Crippen LogP contribution in [-0.4, -0.2) is 5.54 Å². The molecule has 0 radical (unpaired) electrons. The van der Waals surface area contributed by atoms with Gasteiger partial charge in [0.2, 0.25) is 0 Å². The predicted molar refractivity (Wildman–Crippen MR) is 49.5 cm³/mol. The van der Waals surface area contributed by atoms with E-state index in [1.54, 1.807) is 0 Å². The minimum Gasteiger partial charge on any atom is -0.325 e. The fourth-order valence-corrected chi connectivity index (χ4v) is 1.38. The Morgan fingerprint density at radius 3 is 2.18 bits per heavy atom. The predicted octanol–water partition coefficient (Wildman–Crippen LogP) is 2.69. The molecule has 1 nitrogen and oxygen atoms in total. The van der Waals surface area contributed by atoms with Crippen LogP contribution >= 0.6 is 0 Å². The van der Waals surface area contributed by atoms with Crippen molar-refractivity contribution in [2.24, 2.45) is 11.1 Å². The summed E-state index contributed by atoms with van der Waals surface area (Å²) in [6.45, 7) is 6.88. The fraction of sp³-hybridized carbons (Fsp3) is 1.00. The first-order valence-corrected chi connectivity index (χ1v) is 4.70. The maximum Gasteiger partial charge on any atom is 0.0155 e. The van der Waals surface area contributed by atoms with Gasteiger partial charge >= 0.3 is 0 Å². The largest absolute Gasteiger partial charge is 0.325 e. The van der Waals surface area contributed by atoms with E-state index in [0.29, 0.717) is 5.41 Å². The zero-order valence-corrected chi connectivity index (χ0v) is 8.11. The monoisotopic (exact) mass is 155 g/mol. The van der Waals surface area contributed by atoms with Gasteiger partial charge in [0.15, 0.2) is 0 Å². The normalized spacial score (nSPS) is 21.8. The molecule has 2 N–H and O–H groups in total. The van der Waals surface area contributed by atoms with Crippen molar-refractivity contribution in [3.63, 3.8) is 0 Å². The standard InChI is InChI=1S/C10H21N/c1-9(2,3)5-4-6-10(11)7-8-10/h4-8,11H2,1-3H3. The van der Waals surface area contributed by atoms with E-state index in [-0.39, 0.29) is 5.54 Å². The highest BCUT2D eigenvalue weighted by Crippen LogP contribution is 2.38. The second-order valence-corrected chi connectivity index (χ2v) is 5.28. The van der Waals surface area contributed by atoms with Crippen LogP contribution in [0.2, 0.25) is 0 Å². The van der Waals surface area contributed by atoms with E-state index in [1.807, 2.05) is 0 Å². The molecule has 1 saturated carbocycles. The highest BCUT2D eigenvalue weighted by molar-refractivity contribution is 4.98. The van der Waals surface area contributed by atoms with E-state index in [0.717, 1.165) is 0 Å². The van der Waals surface area contributed by atoms with Crippen molar-refractivity contribution in [3.05, 3.63) is 0 Å². The lowest BCUT2D eigenvalue weighted by Gasteiger charge is -2.18. The van der Waals surface area contributed by atoms with Crippen LogP contribution in [0, 0.1) is 5.41 Å². The molecule has 1 rings (SSSR count). The molecule has 1 fully saturated rings. The van der Waals surface area contributed by atoms with Gasteiger partial charge in [-0.25, -0.2) is 0 Å². The van der Waals surface area contributed by atoms with Crippen molar-refractivity contribution in [1.82, 2.24) is 0 Å². The van der Waals surface area contributed by atoms with Gasteiger partial charge in [0.05, 0.1) is 0 Å². The van der Waals surface area contributed by atoms with Crippen LogP contribution in [0.3, 0.4) is 0 Å². The van der Waals surface area contributed by atoms with Gasteiger partial charge in [-0.3, -0.25) is 0 Å². The minimum absolute atomic E-state index is 0.269. The van der Waals surface area contributed by atoms with Crippen molar-refractivity contribution in [1.29, 1.82) is 0 Å². The summed E-state index contributed by atoms with van der Waals surface area (Å²) in [7, 11) is 0. The Morgan fingerprint density at radius 1 is 1.27 bits per heavy atom. The van der Waals surface area contributed by atoms with Gasteiger partial charge in [0, 0.05) is 5.54 Å². The highest BCUT2D eigenvalue weighted by Gasteiger charge is 2.37. The molecule has 0 atom stereocenters. The topological polar surface area (TPSA) is 26.0 Å². The van der Waals surface area contributed by atoms with E-state index in [1.165, 1.54) is 32.1 Å². The SMILES string of the molecule is CC(C)(C)CCCC1(N)CC1. The lowest BCUT2D eigenvalue weighted by atomic mass is 9.89. The second-order valence-electron chi connectivity index (χ2n) is 5.28. The van der Waals surface area contributed by atoms with E-state index in [4.69, 9.17) is 5.73 Å². The van der Waals surface area contributed by atoms with Crippen LogP contribution in [0.5, 0.6) is 0 Å². The zero-order chi connectivity index (χ0) is 8.54. The average molecular weight is 155 g/mol. The molecule has 1 aliphatic rings. The van der Waals surface area contributed by atoms with E-state index in [9.17, 15) is 0 Å². The maximum absolute atomic E-state index is 5.98. The Labute approximate surface area is 70.4 Å². The highest BCUT2D eigenvalue weighted by atomic mass is 14.8. The van der Waals surface area contributed by atoms with Gasteiger partial charge < -0.3 is 5.73 Å². The van der Waals surface area contributed by atoms with Crippen LogP contribution in [-0.2, 0) is 0 Å². The van der Waals surface area contributed by atoms with Crippen molar-refractivity contribution >= 4 is 0 Å². The molecule has 0 aromatic heterocycles. The zero-order valence-electron chi connectivity index (χ0n) is 8.11. The Morgan fingerprint density at radius 2 is 1.82 bits per heavy atom. The van der Waals surface area contributed by atoms with E-state index < -0.39 is 0 Å². The van der Waals surface area contributed by atoms with Gasteiger partial charge in [-0.1, -0.05) is 27.2 Å². The Kier molecular flexibility index (Phi) is 2.29. The first-order valence-electron chi connectivity index (χ1n) is 4.70. The van der Waals surface area contributed by atoms with Crippen LogP contribution in [0.1, 0.15) is 52.9 Å². The molecular weight excluding hydrogens is 134 g/mol. The molecule has 0 saturated heterocycles. The third-order valence-corrected chi connectivity index (χ3v) is 2.49. The molecule has 0 heterocycles. The van der Waals surface area contributed by atoms with Gasteiger partial charge in [0.25, 0.3) is 0 Å². The van der Waals surface area contributed by atoms with Crippen molar-refractivity contribution in [2.75, 3.05) is 0 Å².